The Morgan fingerprint density at radius 2 is 1.75 bits per heavy atom. The van der Waals surface area contributed by atoms with Gasteiger partial charge in [-0.25, -0.2) is 8.42 Å². The van der Waals surface area contributed by atoms with Crippen molar-refractivity contribution in [1.82, 2.24) is 19.8 Å². The monoisotopic (exact) mass is 428 g/mol. The lowest BCUT2D eigenvalue weighted by Gasteiger charge is -2.26. The Labute approximate surface area is 171 Å². The number of rotatable bonds is 3. The lowest BCUT2D eigenvalue weighted by molar-refractivity contribution is -0.122. The van der Waals surface area contributed by atoms with Gasteiger partial charge in [0.2, 0.25) is 15.9 Å². The zero-order chi connectivity index (χ0) is 19.0. The van der Waals surface area contributed by atoms with Crippen LogP contribution in [0.25, 0.3) is 0 Å². The van der Waals surface area contributed by atoms with Crippen molar-refractivity contribution >= 4 is 34.2 Å². The molecule has 0 saturated carbocycles. The van der Waals surface area contributed by atoms with Crippen LogP contribution >= 0.6 is 12.4 Å². The van der Waals surface area contributed by atoms with Crippen molar-refractivity contribution in [2.75, 3.05) is 32.7 Å². The van der Waals surface area contributed by atoms with Gasteiger partial charge in [0, 0.05) is 43.8 Å². The second-order valence-electron chi connectivity index (χ2n) is 7.39. The summed E-state index contributed by atoms with van der Waals surface area (Å²) in [5.74, 6) is -0.369. The molecule has 1 aromatic carbocycles. The summed E-state index contributed by atoms with van der Waals surface area (Å²) >= 11 is 0. The van der Waals surface area contributed by atoms with Crippen LogP contribution in [-0.2, 0) is 14.8 Å². The van der Waals surface area contributed by atoms with E-state index in [1.165, 1.54) is 22.9 Å². The number of fused-ring (bicyclic) bond motifs is 2. The smallest absolute Gasteiger partial charge is 0.253 e. The zero-order valence-corrected chi connectivity index (χ0v) is 17.1. The zero-order valence-electron chi connectivity index (χ0n) is 15.5. The first-order chi connectivity index (χ1) is 12.9. The van der Waals surface area contributed by atoms with E-state index in [0.29, 0.717) is 30.7 Å². The SMILES string of the molecule is Cl.O=C1CN(S(=O)(=O)c2ccc(C(=O)N3CCC4CCC(C3)N4)cc2)CCN1. The fraction of sp³-hybridized carbons (Fsp3) is 0.556. The molecule has 2 amide bonds. The molecule has 4 rings (SSSR count). The molecule has 28 heavy (non-hydrogen) atoms. The minimum absolute atomic E-state index is 0. The van der Waals surface area contributed by atoms with Gasteiger partial charge < -0.3 is 15.5 Å². The maximum Gasteiger partial charge on any atom is 0.253 e. The van der Waals surface area contributed by atoms with Gasteiger partial charge in [-0.1, -0.05) is 0 Å². The molecule has 0 aromatic heterocycles. The Morgan fingerprint density at radius 1 is 1.04 bits per heavy atom. The Balaban J connectivity index is 0.00000225. The normalized spacial score (nSPS) is 25.6. The predicted octanol–water partition coefficient (Wildman–Crippen LogP) is 0.195. The van der Waals surface area contributed by atoms with Crippen LogP contribution in [-0.4, -0.2) is 74.2 Å². The molecule has 1 aromatic rings. The number of nitrogens with zero attached hydrogens (tertiary/aromatic N) is 2. The molecule has 10 heteroatoms. The Kier molecular flexibility index (Phi) is 6.28. The van der Waals surface area contributed by atoms with Crippen LogP contribution in [0.15, 0.2) is 29.2 Å². The minimum Gasteiger partial charge on any atom is -0.354 e. The van der Waals surface area contributed by atoms with Crippen LogP contribution in [0.3, 0.4) is 0 Å². The quantitative estimate of drug-likeness (QED) is 0.716. The number of likely N-dealkylation sites (tertiary alicyclic amines) is 1. The van der Waals surface area contributed by atoms with Crippen LogP contribution in [0.2, 0.25) is 0 Å². The number of amides is 2. The fourth-order valence-electron chi connectivity index (χ4n) is 4.05. The predicted molar refractivity (Wildman–Crippen MR) is 106 cm³/mol. The Morgan fingerprint density at radius 3 is 2.46 bits per heavy atom. The average Bonchev–Trinajstić information content (AvgIpc) is 3.00. The van der Waals surface area contributed by atoms with Gasteiger partial charge in [-0.3, -0.25) is 9.59 Å². The van der Waals surface area contributed by atoms with E-state index in [9.17, 15) is 18.0 Å². The van der Waals surface area contributed by atoms with Crippen molar-refractivity contribution in [2.24, 2.45) is 0 Å². The molecule has 0 aliphatic carbocycles. The number of nitrogens with one attached hydrogen (secondary N) is 2. The summed E-state index contributed by atoms with van der Waals surface area (Å²) in [6, 6.07) is 6.90. The summed E-state index contributed by atoms with van der Waals surface area (Å²) in [5.41, 5.74) is 0.489. The molecule has 0 radical (unpaired) electrons. The van der Waals surface area contributed by atoms with Gasteiger partial charge in [-0.05, 0) is 43.5 Å². The van der Waals surface area contributed by atoms with Gasteiger partial charge in [0.05, 0.1) is 11.4 Å². The second-order valence-corrected chi connectivity index (χ2v) is 9.33. The third kappa shape index (κ3) is 4.17. The number of sulfonamides is 1. The van der Waals surface area contributed by atoms with Crippen molar-refractivity contribution < 1.29 is 18.0 Å². The number of carbonyl (C=O) groups is 2. The summed E-state index contributed by atoms with van der Waals surface area (Å²) < 4.78 is 26.5. The molecule has 2 atom stereocenters. The summed E-state index contributed by atoms with van der Waals surface area (Å²) in [4.78, 5) is 26.3. The summed E-state index contributed by atoms with van der Waals surface area (Å²) in [6.07, 6.45) is 3.22. The number of benzene rings is 1. The van der Waals surface area contributed by atoms with Crippen LogP contribution in [0.1, 0.15) is 29.6 Å². The number of piperazine rings is 1. The molecule has 0 spiro atoms. The molecule has 3 aliphatic heterocycles. The molecule has 2 bridgehead atoms. The van der Waals surface area contributed by atoms with Crippen LogP contribution in [0.4, 0.5) is 0 Å². The first kappa shape index (κ1) is 21.0. The van der Waals surface area contributed by atoms with E-state index in [4.69, 9.17) is 0 Å². The van der Waals surface area contributed by atoms with E-state index in [2.05, 4.69) is 10.6 Å². The molecule has 2 N–H and O–H groups in total. The lowest BCUT2D eigenvalue weighted by atomic mass is 10.1. The van der Waals surface area contributed by atoms with E-state index >= 15 is 0 Å². The van der Waals surface area contributed by atoms with Gasteiger partial charge in [-0.15, -0.1) is 12.4 Å². The number of hydrogen-bond donors (Lipinski definition) is 2. The summed E-state index contributed by atoms with van der Waals surface area (Å²) in [5, 5.41) is 6.16. The van der Waals surface area contributed by atoms with Crippen LogP contribution < -0.4 is 10.6 Å². The highest BCUT2D eigenvalue weighted by atomic mass is 35.5. The number of carbonyl (C=O) groups excluding carboxylic acids is 2. The Bertz CT molecular complexity index is 846. The molecule has 8 nitrogen and oxygen atoms in total. The van der Waals surface area contributed by atoms with Gasteiger partial charge >= 0.3 is 0 Å². The van der Waals surface area contributed by atoms with E-state index in [0.717, 1.165) is 19.4 Å². The highest BCUT2D eigenvalue weighted by molar-refractivity contribution is 7.89. The largest absolute Gasteiger partial charge is 0.354 e. The van der Waals surface area contributed by atoms with Crippen LogP contribution in [0, 0.1) is 0 Å². The molecular formula is C18H25ClN4O4S. The average molecular weight is 429 g/mol. The van der Waals surface area contributed by atoms with Crippen molar-refractivity contribution in [3.63, 3.8) is 0 Å². The van der Waals surface area contributed by atoms with Crippen LogP contribution in [0.5, 0.6) is 0 Å². The lowest BCUT2D eigenvalue weighted by Crippen LogP contribution is -2.49. The fourth-order valence-corrected chi connectivity index (χ4v) is 5.45. The van der Waals surface area contributed by atoms with Crippen molar-refractivity contribution in [1.29, 1.82) is 0 Å². The van der Waals surface area contributed by atoms with Gasteiger partial charge in [0.25, 0.3) is 5.91 Å². The highest BCUT2D eigenvalue weighted by Crippen LogP contribution is 2.22. The van der Waals surface area contributed by atoms with Crippen molar-refractivity contribution in [2.45, 2.75) is 36.2 Å². The van der Waals surface area contributed by atoms with Crippen molar-refractivity contribution in [3.05, 3.63) is 29.8 Å². The van der Waals surface area contributed by atoms with E-state index in [-0.39, 0.29) is 42.2 Å². The maximum atomic E-state index is 12.8. The van der Waals surface area contributed by atoms with Gasteiger partial charge in [0.1, 0.15) is 0 Å². The molecule has 3 fully saturated rings. The third-order valence-corrected chi connectivity index (χ3v) is 7.41. The highest BCUT2D eigenvalue weighted by Gasteiger charge is 2.32. The minimum atomic E-state index is -3.74. The van der Waals surface area contributed by atoms with Gasteiger partial charge in [0.15, 0.2) is 0 Å². The second kappa shape index (κ2) is 8.36. The first-order valence-electron chi connectivity index (χ1n) is 9.36. The summed E-state index contributed by atoms with van der Waals surface area (Å²) in [7, 11) is -3.74. The van der Waals surface area contributed by atoms with E-state index in [1.807, 2.05) is 4.90 Å². The standard InChI is InChI=1S/C18H24N4O4S.ClH/c23-17-12-22(10-8-19-17)27(25,26)16-5-1-13(2-6-16)18(24)21-9-7-14-3-4-15(11-21)20-14;/h1-2,5-6,14-15,20H,3-4,7-12H2,(H,19,23);1H. The summed E-state index contributed by atoms with van der Waals surface area (Å²) in [6.45, 7) is 1.79. The molecule has 154 valence electrons. The van der Waals surface area contributed by atoms with E-state index < -0.39 is 10.0 Å². The molecule has 3 saturated heterocycles. The maximum absolute atomic E-state index is 12.8. The molecule has 3 aliphatic rings. The molecular weight excluding hydrogens is 404 g/mol. The topological polar surface area (TPSA) is 98.8 Å². The number of halogens is 1. The molecule has 2 unspecified atom stereocenters. The van der Waals surface area contributed by atoms with Gasteiger partial charge in [-0.2, -0.15) is 4.31 Å². The first-order valence-corrected chi connectivity index (χ1v) is 10.8. The number of hydrogen-bond acceptors (Lipinski definition) is 5. The third-order valence-electron chi connectivity index (χ3n) is 5.55. The van der Waals surface area contributed by atoms with Crippen molar-refractivity contribution in [3.8, 4) is 0 Å². The van der Waals surface area contributed by atoms with E-state index in [1.54, 1.807) is 12.1 Å². The molecule has 3 heterocycles. The Hall–Kier alpha value is -1.68.